The van der Waals surface area contributed by atoms with Crippen molar-refractivity contribution < 1.29 is 127 Å². The van der Waals surface area contributed by atoms with Crippen molar-refractivity contribution in [2.24, 2.45) is 0 Å². The highest BCUT2D eigenvalue weighted by atomic mass is 32.3. The van der Waals surface area contributed by atoms with E-state index < -0.39 is 152 Å². The molecule has 33 heteroatoms. The highest BCUT2D eigenvalue weighted by Gasteiger charge is 2.57. The molecule has 0 aromatic rings. The molecule has 53 heavy (non-hydrogen) atoms. The van der Waals surface area contributed by atoms with Gasteiger partial charge in [-0.15, -0.1) is 0 Å². The summed E-state index contributed by atoms with van der Waals surface area (Å²) in [6, 6.07) is -2.05. The molecule has 3 aliphatic heterocycles. The maximum absolute atomic E-state index is 12.1. The minimum Gasteiger partial charge on any atom is -0.479 e. The smallest absolute Gasteiger partial charge is 0.397 e. The molecular weight excluding hydrogens is 830 g/mol. The summed E-state index contributed by atoms with van der Waals surface area (Å²) < 4.78 is 172. The largest absolute Gasteiger partial charge is 0.479 e. The number of carbonyl (C=O) groups excluding carboxylic acids is 1. The van der Waals surface area contributed by atoms with Gasteiger partial charge in [-0.25, -0.2) is 21.5 Å². The number of amides is 1. The molecule has 3 aliphatic rings. The van der Waals surface area contributed by atoms with E-state index in [1.54, 1.807) is 0 Å². The van der Waals surface area contributed by atoms with Crippen LogP contribution in [0.5, 0.6) is 0 Å². The number of hydrogen-bond donors (Lipinski definition) is 10. The summed E-state index contributed by atoms with van der Waals surface area (Å²) in [7, 11) is -22.0. The number of ether oxygens (including phenoxy) is 5. The van der Waals surface area contributed by atoms with Gasteiger partial charge in [0, 0.05) is 6.92 Å². The van der Waals surface area contributed by atoms with E-state index in [1.165, 1.54) is 0 Å². The maximum atomic E-state index is 12.1. The predicted octanol–water partition coefficient (Wildman–Crippen LogP) is -7.00. The Balaban J connectivity index is 2.04. The normalized spacial score (nSPS) is 38.9. The first kappa shape index (κ1) is 45.4. The second kappa shape index (κ2) is 17.1. The number of carboxylic acids is 1. The fourth-order valence-corrected chi connectivity index (χ4v) is 7.13. The molecule has 0 aliphatic carbocycles. The van der Waals surface area contributed by atoms with Crippen LogP contribution in [-0.4, -0.2) is 188 Å². The van der Waals surface area contributed by atoms with Gasteiger partial charge in [0.2, 0.25) is 5.91 Å². The van der Waals surface area contributed by atoms with Gasteiger partial charge in [-0.2, -0.15) is 33.7 Å². The topological polar surface area (TPSA) is 448 Å². The number of rotatable bonds is 15. The van der Waals surface area contributed by atoms with E-state index in [0.29, 0.717) is 0 Å². The van der Waals surface area contributed by atoms with Crippen LogP contribution in [0.25, 0.3) is 0 Å². The zero-order valence-corrected chi connectivity index (χ0v) is 29.5. The van der Waals surface area contributed by atoms with Gasteiger partial charge in [-0.1, -0.05) is 0 Å². The van der Waals surface area contributed by atoms with Crippen LogP contribution in [0.15, 0.2) is 0 Å². The molecule has 3 saturated heterocycles. The van der Waals surface area contributed by atoms with Crippen molar-refractivity contribution in [2.45, 2.75) is 106 Å². The Hall–Kier alpha value is -1.94. The third-order valence-electron chi connectivity index (χ3n) is 7.23. The van der Waals surface area contributed by atoms with Crippen LogP contribution in [0.4, 0.5) is 0 Å². The van der Waals surface area contributed by atoms with Crippen molar-refractivity contribution in [2.75, 3.05) is 6.61 Å². The lowest BCUT2D eigenvalue weighted by atomic mass is 9.95. The van der Waals surface area contributed by atoms with E-state index in [-0.39, 0.29) is 0 Å². The molecule has 3 heterocycles. The van der Waals surface area contributed by atoms with Crippen molar-refractivity contribution in [3.63, 3.8) is 0 Å². The fraction of sp³-hybridized carbons (Fsp3) is 0.900. The first-order valence-corrected chi connectivity index (χ1v) is 19.5. The second-order valence-corrected chi connectivity index (χ2v) is 15.4. The molecule has 0 saturated carbocycles. The van der Waals surface area contributed by atoms with Crippen molar-refractivity contribution >= 4 is 53.5 Å². The summed E-state index contributed by atoms with van der Waals surface area (Å²) >= 11 is 0. The summed E-state index contributed by atoms with van der Waals surface area (Å²) in [5.41, 5.74) is 0. The average molecular weight is 864 g/mol. The van der Waals surface area contributed by atoms with Crippen molar-refractivity contribution in [3.05, 3.63) is 0 Å². The summed E-state index contributed by atoms with van der Waals surface area (Å²) in [5.74, 6) is -3.07. The molecule has 0 aromatic heterocycles. The van der Waals surface area contributed by atoms with E-state index >= 15 is 0 Å². The third-order valence-corrected chi connectivity index (χ3v) is 9.06. The first-order valence-electron chi connectivity index (χ1n) is 14.1. The number of carboxylic acid groups (broad SMARTS) is 1. The molecule has 3 rings (SSSR count). The van der Waals surface area contributed by atoms with Gasteiger partial charge in [-0.05, 0) is 6.92 Å². The number of nitrogens with one attached hydrogen (secondary N) is 1. The SMILES string of the molecule is CC(=O)N[C@@H]1[C@@H](O[C@@H]2O[C@H](C(=O)O)[C@@H](O)[C@H](O[C@@H]3O[C@@H](C)[C@@H](OS(=O)(=O)O)[C@@H](OS(=O)(=O)O)[C@@H]3O)[C@H]2O)[C@@H](OS(=O)(=O)O)[C@@H](COS(=O)(=O)O)O[C@H]1O. The number of aliphatic hydroxyl groups excluding tert-OH is 4. The molecule has 1 amide bonds. The molecule has 29 nitrogen and oxygen atoms in total. The maximum Gasteiger partial charge on any atom is 0.397 e. The zero-order valence-electron chi connectivity index (χ0n) is 26.3. The molecule has 15 atom stereocenters. The van der Waals surface area contributed by atoms with Gasteiger partial charge in [0.1, 0.15) is 61.0 Å². The van der Waals surface area contributed by atoms with Crippen molar-refractivity contribution in [3.8, 4) is 0 Å². The van der Waals surface area contributed by atoms with E-state index in [2.05, 4.69) is 16.7 Å². The van der Waals surface area contributed by atoms with Crippen LogP contribution in [0, 0.1) is 0 Å². The van der Waals surface area contributed by atoms with E-state index in [9.17, 15) is 77.9 Å². The van der Waals surface area contributed by atoms with Crippen LogP contribution in [0.2, 0.25) is 0 Å². The lowest BCUT2D eigenvalue weighted by Gasteiger charge is -2.48. The molecule has 0 radical (unpaired) electrons. The number of hydrogen-bond acceptors (Lipinski definition) is 23. The van der Waals surface area contributed by atoms with Crippen LogP contribution >= 0.6 is 0 Å². The summed E-state index contributed by atoms with van der Waals surface area (Å²) in [6.45, 7) is 0.338. The molecular formula is C20H33NO28S4. The van der Waals surface area contributed by atoms with Crippen LogP contribution < -0.4 is 5.32 Å². The van der Waals surface area contributed by atoms with Crippen molar-refractivity contribution in [1.82, 2.24) is 5.32 Å². The summed E-state index contributed by atoms with van der Waals surface area (Å²) in [6.07, 6.45) is -33.5. The minimum atomic E-state index is -5.64. The highest BCUT2D eigenvalue weighted by Crippen LogP contribution is 2.35. The molecule has 0 bridgehead atoms. The lowest BCUT2D eigenvalue weighted by Crippen LogP contribution is -2.69. The Morgan fingerprint density at radius 3 is 1.60 bits per heavy atom. The van der Waals surface area contributed by atoms with Crippen LogP contribution in [-0.2, 0) is 91.6 Å². The van der Waals surface area contributed by atoms with E-state index in [0.717, 1.165) is 13.8 Å². The number of aliphatic hydroxyl groups is 4. The van der Waals surface area contributed by atoms with Gasteiger partial charge in [-0.3, -0.25) is 23.0 Å². The van der Waals surface area contributed by atoms with Gasteiger partial charge < -0.3 is 54.5 Å². The molecule has 0 aromatic carbocycles. The van der Waals surface area contributed by atoms with Gasteiger partial charge in [0.25, 0.3) is 0 Å². The summed E-state index contributed by atoms with van der Waals surface area (Å²) in [5, 5.41) is 55.2. The monoisotopic (exact) mass is 863 g/mol. The highest BCUT2D eigenvalue weighted by molar-refractivity contribution is 7.81. The average Bonchev–Trinajstić information content (AvgIpc) is 2.96. The summed E-state index contributed by atoms with van der Waals surface area (Å²) in [4.78, 5) is 24.0. The second-order valence-electron chi connectivity index (χ2n) is 11.1. The first-order chi connectivity index (χ1) is 24.0. The van der Waals surface area contributed by atoms with Crippen LogP contribution in [0.3, 0.4) is 0 Å². The zero-order chi connectivity index (χ0) is 40.6. The lowest BCUT2D eigenvalue weighted by molar-refractivity contribution is -0.364. The van der Waals surface area contributed by atoms with Gasteiger partial charge >= 0.3 is 47.6 Å². The Morgan fingerprint density at radius 1 is 0.642 bits per heavy atom. The Kier molecular flexibility index (Phi) is 14.6. The Labute approximate surface area is 298 Å². The number of carbonyl (C=O) groups is 2. The molecule has 0 unspecified atom stereocenters. The fourth-order valence-electron chi connectivity index (χ4n) is 5.26. The Morgan fingerprint density at radius 2 is 1.11 bits per heavy atom. The quantitative estimate of drug-likeness (QED) is 0.0684. The number of aliphatic carboxylic acids is 1. The standard InChI is InChI=1S/C20H33NO28S4/c1-4-11(47-51(32,33)34)15(49-53(38,39)40)10(25)19(42-4)45-14-8(23)16(17(26)27)46-20(9(14)24)44-13-7(21-5(2)22)18(28)43-6(3-41-50(29,30)31)12(13)48-52(35,36)37/h4,6-16,18-20,23-25,28H,3H2,1-2H3,(H,21,22)(H,26,27)(H,29,30,31)(H,32,33,34)(H,35,36,37)(H,38,39,40)/t4-,6+,7+,8-,9+,10-,11+,12-,13+,14-,15-,16-,18+,19-,20+/m0/s1. The van der Waals surface area contributed by atoms with Crippen LogP contribution in [0.1, 0.15) is 13.8 Å². The molecule has 0 spiro atoms. The Bertz CT molecular complexity index is 1750. The van der Waals surface area contributed by atoms with Gasteiger partial charge in [0.05, 0.1) is 12.7 Å². The molecule has 10 N–H and O–H groups in total. The predicted molar refractivity (Wildman–Crippen MR) is 154 cm³/mol. The molecule has 3 fully saturated rings. The van der Waals surface area contributed by atoms with Gasteiger partial charge in [0.15, 0.2) is 25.0 Å². The van der Waals surface area contributed by atoms with Crippen molar-refractivity contribution in [1.29, 1.82) is 0 Å². The van der Waals surface area contributed by atoms with E-state index in [1.807, 2.05) is 5.32 Å². The molecule has 310 valence electrons. The third kappa shape index (κ3) is 12.8. The minimum absolute atomic E-state index is 0.837. The van der Waals surface area contributed by atoms with E-state index in [4.69, 9.17) is 32.8 Å².